The van der Waals surface area contributed by atoms with Crippen molar-refractivity contribution in [2.75, 3.05) is 19.6 Å². The Balaban J connectivity index is 1.59. The van der Waals surface area contributed by atoms with Gasteiger partial charge in [-0.1, -0.05) is 19.3 Å². The van der Waals surface area contributed by atoms with Gasteiger partial charge in [-0.3, -0.25) is 0 Å². The zero-order chi connectivity index (χ0) is 13.9. The van der Waals surface area contributed by atoms with E-state index < -0.39 is 5.60 Å². The van der Waals surface area contributed by atoms with Crippen molar-refractivity contribution >= 4 is 6.09 Å². The molecule has 0 aromatic carbocycles. The first kappa shape index (κ1) is 14.6. The van der Waals surface area contributed by atoms with Crippen LogP contribution in [0.25, 0.3) is 0 Å². The van der Waals surface area contributed by atoms with Gasteiger partial charge in [0, 0.05) is 19.1 Å². The van der Waals surface area contributed by atoms with Gasteiger partial charge in [0.15, 0.2) is 0 Å². The molecule has 2 aliphatic rings. The quantitative estimate of drug-likeness (QED) is 0.855. The Morgan fingerprint density at radius 1 is 1.21 bits per heavy atom. The fraction of sp³-hybridized carbons (Fsp3) is 0.933. The van der Waals surface area contributed by atoms with Gasteiger partial charge >= 0.3 is 6.09 Å². The largest absolute Gasteiger partial charge is 0.444 e. The summed E-state index contributed by atoms with van der Waals surface area (Å²) in [6.45, 7) is 8.42. The number of nitrogens with zero attached hydrogens (tertiary/aromatic N) is 1. The van der Waals surface area contributed by atoms with Crippen LogP contribution in [0.2, 0.25) is 0 Å². The number of likely N-dealkylation sites (tertiary alicyclic amines) is 1. The molecule has 1 saturated heterocycles. The molecule has 0 aromatic heterocycles. The fourth-order valence-electron chi connectivity index (χ4n) is 2.81. The first-order valence-corrected chi connectivity index (χ1v) is 7.65. The van der Waals surface area contributed by atoms with Gasteiger partial charge in [0.05, 0.1) is 0 Å². The maximum absolute atomic E-state index is 11.8. The summed E-state index contributed by atoms with van der Waals surface area (Å²) in [5.41, 5.74) is -0.391. The SMILES string of the molecule is CC(C)(C)OC(=O)N1CC(NCC2CCCCC2)C1. The predicted octanol–water partition coefficient (Wildman–Crippen LogP) is 2.78. The Bertz CT molecular complexity index is 300. The van der Waals surface area contributed by atoms with E-state index in [0.29, 0.717) is 6.04 Å². The van der Waals surface area contributed by atoms with E-state index in [1.165, 1.54) is 32.1 Å². The summed E-state index contributed by atoms with van der Waals surface area (Å²) < 4.78 is 5.34. The summed E-state index contributed by atoms with van der Waals surface area (Å²) >= 11 is 0. The average molecular weight is 268 g/mol. The molecule has 1 heterocycles. The second-order valence-corrected chi connectivity index (χ2v) is 6.99. The molecule has 1 N–H and O–H groups in total. The van der Waals surface area contributed by atoms with Crippen LogP contribution < -0.4 is 5.32 Å². The van der Waals surface area contributed by atoms with E-state index >= 15 is 0 Å². The first-order chi connectivity index (χ1) is 8.94. The normalized spacial score (nSPS) is 22.2. The molecule has 0 aromatic rings. The minimum atomic E-state index is -0.391. The maximum atomic E-state index is 11.8. The Morgan fingerprint density at radius 2 is 1.84 bits per heavy atom. The minimum Gasteiger partial charge on any atom is -0.444 e. The molecule has 4 heteroatoms. The van der Waals surface area contributed by atoms with Crippen LogP contribution in [0.1, 0.15) is 52.9 Å². The lowest BCUT2D eigenvalue weighted by molar-refractivity contribution is 0.00488. The smallest absolute Gasteiger partial charge is 0.410 e. The molecule has 2 fully saturated rings. The summed E-state index contributed by atoms with van der Waals surface area (Å²) in [6, 6.07) is 0.467. The lowest BCUT2D eigenvalue weighted by Crippen LogP contribution is -2.61. The van der Waals surface area contributed by atoms with Crippen molar-refractivity contribution < 1.29 is 9.53 Å². The van der Waals surface area contributed by atoms with Crippen molar-refractivity contribution in [1.29, 1.82) is 0 Å². The third-order valence-corrected chi connectivity index (χ3v) is 3.95. The molecule has 0 unspecified atom stereocenters. The molecule has 19 heavy (non-hydrogen) atoms. The Hall–Kier alpha value is -0.770. The van der Waals surface area contributed by atoms with Crippen LogP contribution in [0.5, 0.6) is 0 Å². The van der Waals surface area contributed by atoms with Crippen molar-refractivity contribution in [1.82, 2.24) is 10.2 Å². The number of rotatable bonds is 3. The number of carbonyl (C=O) groups is 1. The van der Waals surface area contributed by atoms with Crippen LogP contribution in [0.15, 0.2) is 0 Å². The lowest BCUT2D eigenvalue weighted by Gasteiger charge is -2.41. The molecule has 0 bridgehead atoms. The third-order valence-electron chi connectivity index (χ3n) is 3.95. The highest BCUT2D eigenvalue weighted by molar-refractivity contribution is 5.69. The van der Waals surface area contributed by atoms with Crippen LogP contribution in [0.4, 0.5) is 4.79 Å². The summed E-state index contributed by atoms with van der Waals surface area (Å²) in [5.74, 6) is 0.851. The predicted molar refractivity (Wildman–Crippen MR) is 76.2 cm³/mol. The van der Waals surface area contributed by atoms with Crippen molar-refractivity contribution in [2.24, 2.45) is 5.92 Å². The zero-order valence-electron chi connectivity index (χ0n) is 12.6. The van der Waals surface area contributed by atoms with Crippen LogP contribution in [-0.2, 0) is 4.74 Å². The van der Waals surface area contributed by atoms with Gasteiger partial charge in [-0.25, -0.2) is 4.79 Å². The van der Waals surface area contributed by atoms with E-state index in [-0.39, 0.29) is 6.09 Å². The molecular formula is C15H28N2O2. The fourth-order valence-corrected chi connectivity index (χ4v) is 2.81. The lowest BCUT2D eigenvalue weighted by atomic mass is 9.89. The van der Waals surface area contributed by atoms with Crippen molar-refractivity contribution in [2.45, 2.75) is 64.5 Å². The van der Waals surface area contributed by atoms with E-state index in [9.17, 15) is 4.79 Å². The topological polar surface area (TPSA) is 41.6 Å². The highest BCUT2D eigenvalue weighted by atomic mass is 16.6. The Labute approximate surface area is 116 Å². The molecule has 1 saturated carbocycles. The molecule has 0 radical (unpaired) electrons. The third kappa shape index (κ3) is 4.68. The van der Waals surface area contributed by atoms with Crippen LogP contribution >= 0.6 is 0 Å². The zero-order valence-corrected chi connectivity index (χ0v) is 12.6. The van der Waals surface area contributed by atoms with E-state index in [4.69, 9.17) is 4.74 Å². The monoisotopic (exact) mass is 268 g/mol. The van der Waals surface area contributed by atoms with Crippen molar-refractivity contribution in [3.8, 4) is 0 Å². The number of hydrogen-bond donors (Lipinski definition) is 1. The van der Waals surface area contributed by atoms with Gasteiger partial charge in [-0.05, 0) is 46.1 Å². The second-order valence-electron chi connectivity index (χ2n) is 6.99. The van der Waals surface area contributed by atoms with E-state index in [1.54, 1.807) is 4.90 Å². The molecule has 1 amide bonds. The van der Waals surface area contributed by atoms with Crippen LogP contribution in [0.3, 0.4) is 0 Å². The second kappa shape index (κ2) is 6.12. The van der Waals surface area contributed by atoms with Gasteiger partial charge in [0.25, 0.3) is 0 Å². The number of nitrogens with one attached hydrogen (secondary N) is 1. The standard InChI is InChI=1S/C15H28N2O2/c1-15(2,3)19-14(18)17-10-13(11-17)16-9-12-7-5-4-6-8-12/h12-13,16H,4-11H2,1-3H3. The van der Waals surface area contributed by atoms with Crippen molar-refractivity contribution in [3.05, 3.63) is 0 Å². The minimum absolute atomic E-state index is 0.178. The van der Waals surface area contributed by atoms with E-state index in [1.807, 2.05) is 20.8 Å². The number of ether oxygens (including phenoxy) is 1. The summed E-state index contributed by atoms with van der Waals surface area (Å²) in [7, 11) is 0. The number of amides is 1. The first-order valence-electron chi connectivity index (χ1n) is 7.65. The van der Waals surface area contributed by atoms with Gasteiger partial charge in [-0.2, -0.15) is 0 Å². The molecule has 1 aliphatic heterocycles. The summed E-state index contributed by atoms with van der Waals surface area (Å²) in [5, 5.41) is 3.59. The molecule has 110 valence electrons. The summed E-state index contributed by atoms with van der Waals surface area (Å²) in [6.07, 6.45) is 6.75. The highest BCUT2D eigenvalue weighted by Gasteiger charge is 2.33. The summed E-state index contributed by atoms with van der Waals surface area (Å²) in [4.78, 5) is 13.5. The van der Waals surface area contributed by atoms with Crippen molar-refractivity contribution in [3.63, 3.8) is 0 Å². The van der Waals surface area contributed by atoms with Crippen LogP contribution in [-0.4, -0.2) is 42.3 Å². The highest BCUT2D eigenvalue weighted by Crippen LogP contribution is 2.23. The van der Waals surface area contributed by atoms with Gasteiger partial charge in [0.2, 0.25) is 0 Å². The Kier molecular flexibility index (Phi) is 4.71. The van der Waals surface area contributed by atoms with Crippen LogP contribution in [0, 0.1) is 5.92 Å². The van der Waals surface area contributed by atoms with Gasteiger partial charge < -0.3 is 15.0 Å². The molecule has 0 atom stereocenters. The Morgan fingerprint density at radius 3 is 2.42 bits per heavy atom. The maximum Gasteiger partial charge on any atom is 0.410 e. The average Bonchev–Trinajstić information content (AvgIpc) is 2.25. The van der Waals surface area contributed by atoms with Gasteiger partial charge in [0.1, 0.15) is 5.60 Å². The molecule has 1 aliphatic carbocycles. The number of carbonyl (C=O) groups excluding carboxylic acids is 1. The molecule has 4 nitrogen and oxygen atoms in total. The number of hydrogen-bond acceptors (Lipinski definition) is 3. The molecular weight excluding hydrogens is 240 g/mol. The van der Waals surface area contributed by atoms with E-state index in [2.05, 4.69) is 5.32 Å². The van der Waals surface area contributed by atoms with Gasteiger partial charge in [-0.15, -0.1) is 0 Å². The van der Waals surface area contributed by atoms with E-state index in [0.717, 1.165) is 25.6 Å². The molecule has 2 rings (SSSR count). The molecule has 0 spiro atoms.